The van der Waals surface area contributed by atoms with Crippen LogP contribution in [0, 0.1) is 6.92 Å². The molecule has 2 aromatic rings. The number of nitrogens with one attached hydrogen (secondary N) is 1. The third-order valence-electron chi connectivity index (χ3n) is 1.71. The summed E-state index contributed by atoms with van der Waals surface area (Å²) in [6, 6.07) is 5.51. The van der Waals surface area contributed by atoms with Crippen LogP contribution in [0.3, 0.4) is 0 Å². The second kappa shape index (κ2) is 3.18. The highest BCUT2D eigenvalue weighted by molar-refractivity contribution is 6.32. The van der Waals surface area contributed by atoms with Crippen molar-refractivity contribution in [1.29, 1.82) is 0 Å². The summed E-state index contributed by atoms with van der Waals surface area (Å²) in [6.07, 6.45) is 1.70. The Bertz CT molecular complexity index is 422. The molecule has 0 saturated heterocycles. The van der Waals surface area contributed by atoms with Gasteiger partial charge in [-0.2, -0.15) is 5.10 Å². The topological polar surface area (TPSA) is 41.6 Å². The number of halogens is 1. The van der Waals surface area contributed by atoms with E-state index >= 15 is 0 Å². The summed E-state index contributed by atoms with van der Waals surface area (Å²) >= 11 is 5.95. The zero-order chi connectivity index (χ0) is 9.26. The minimum Gasteiger partial charge on any atom is -0.282 e. The lowest BCUT2D eigenvalue weighted by molar-refractivity contribution is 1.04. The Kier molecular flexibility index (Phi) is 2.02. The molecule has 0 bridgehead atoms. The molecule has 0 amide bonds. The van der Waals surface area contributed by atoms with E-state index in [4.69, 9.17) is 11.6 Å². The Morgan fingerprint density at radius 1 is 1.46 bits per heavy atom. The average molecular weight is 194 g/mol. The van der Waals surface area contributed by atoms with E-state index < -0.39 is 0 Å². The van der Waals surface area contributed by atoms with Crippen molar-refractivity contribution >= 4 is 11.6 Å². The largest absolute Gasteiger partial charge is 0.282 e. The van der Waals surface area contributed by atoms with E-state index in [1.807, 2.05) is 13.0 Å². The molecule has 1 N–H and O–H groups in total. The van der Waals surface area contributed by atoms with Crippen LogP contribution in [0.5, 0.6) is 0 Å². The van der Waals surface area contributed by atoms with E-state index in [-0.39, 0.29) is 0 Å². The van der Waals surface area contributed by atoms with Crippen molar-refractivity contribution in [2.45, 2.75) is 6.92 Å². The Labute approximate surface area is 80.8 Å². The van der Waals surface area contributed by atoms with Gasteiger partial charge in [0.05, 0.1) is 5.02 Å². The number of rotatable bonds is 1. The highest BCUT2D eigenvalue weighted by Crippen LogP contribution is 2.23. The summed E-state index contributed by atoms with van der Waals surface area (Å²) in [5.74, 6) is 0. The van der Waals surface area contributed by atoms with Crippen molar-refractivity contribution < 1.29 is 0 Å². The maximum Gasteiger partial charge on any atom is 0.112 e. The van der Waals surface area contributed by atoms with E-state index in [9.17, 15) is 0 Å². The Hall–Kier alpha value is -1.35. The number of nitrogens with zero attached hydrogens (tertiary/aromatic N) is 2. The molecule has 0 aliphatic rings. The van der Waals surface area contributed by atoms with Gasteiger partial charge in [0.15, 0.2) is 0 Å². The Morgan fingerprint density at radius 3 is 2.92 bits per heavy atom. The molecular formula is C9H8ClN3. The van der Waals surface area contributed by atoms with Crippen LogP contribution in [-0.4, -0.2) is 15.2 Å². The molecule has 0 spiro atoms. The van der Waals surface area contributed by atoms with Crippen LogP contribution in [-0.2, 0) is 0 Å². The van der Waals surface area contributed by atoms with E-state index in [2.05, 4.69) is 15.2 Å². The molecule has 13 heavy (non-hydrogen) atoms. The fourth-order valence-corrected chi connectivity index (χ4v) is 1.33. The predicted octanol–water partition coefficient (Wildman–Crippen LogP) is 2.43. The maximum absolute atomic E-state index is 5.95. The summed E-state index contributed by atoms with van der Waals surface area (Å²) in [5.41, 5.74) is 2.49. The molecule has 3 nitrogen and oxygen atoms in total. The van der Waals surface area contributed by atoms with E-state index in [1.165, 1.54) is 0 Å². The van der Waals surface area contributed by atoms with Gasteiger partial charge in [-0.25, -0.2) is 0 Å². The molecule has 2 aromatic heterocycles. The number of hydrogen-bond donors (Lipinski definition) is 1. The normalized spacial score (nSPS) is 10.3. The van der Waals surface area contributed by atoms with Gasteiger partial charge in [0.2, 0.25) is 0 Å². The molecule has 66 valence electrons. The van der Waals surface area contributed by atoms with Crippen LogP contribution in [0.4, 0.5) is 0 Å². The van der Waals surface area contributed by atoms with Gasteiger partial charge in [-0.3, -0.25) is 10.1 Å². The lowest BCUT2D eigenvalue weighted by Gasteiger charge is -1.96. The van der Waals surface area contributed by atoms with Crippen LogP contribution >= 0.6 is 11.6 Å². The van der Waals surface area contributed by atoms with Gasteiger partial charge < -0.3 is 0 Å². The van der Waals surface area contributed by atoms with Crippen LogP contribution in [0.1, 0.15) is 5.69 Å². The second-order valence-electron chi connectivity index (χ2n) is 2.77. The zero-order valence-electron chi connectivity index (χ0n) is 7.08. The smallest absolute Gasteiger partial charge is 0.112 e. The van der Waals surface area contributed by atoms with E-state index in [0.717, 1.165) is 11.4 Å². The molecule has 4 heteroatoms. The molecule has 0 aliphatic carbocycles. The third-order valence-corrected chi connectivity index (χ3v) is 2.01. The summed E-state index contributed by atoms with van der Waals surface area (Å²) in [5, 5.41) is 7.54. The number of aryl methyl sites for hydroxylation is 1. The average Bonchev–Trinajstić information content (AvgIpc) is 2.53. The Balaban J connectivity index is 2.52. The summed E-state index contributed by atoms with van der Waals surface area (Å²) in [6.45, 7) is 1.94. The molecule has 0 saturated carbocycles. The summed E-state index contributed by atoms with van der Waals surface area (Å²) in [4.78, 5) is 4.15. The lowest BCUT2D eigenvalue weighted by Crippen LogP contribution is -1.83. The van der Waals surface area contributed by atoms with Gasteiger partial charge >= 0.3 is 0 Å². The fraction of sp³-hybridized carbons (Fsp3) is 0.111. The lowest BCUT2D eigenvalue weighted by atomic mass is 10.2. The first-order valence-electron chi connectivity index (χ1n) is 3.90. The minimum atomic E-state index is 0.619. The molecule has 0 aliphatic heterocycles. The first kappa shape index (κ1) is 8.26. The van der Waals surface area contributed by atoms with Gasteiger partial charge in [0.25, 0.3) is 0 Å². The molecule has 2 rings (SSSR count). The first-order chi connectivity index (χ1) is 6.27. The predicted molar refractivity (Wildman–Crippen MR) is 51.6 cm³/mol. The van der Waals surface area contributed by atoms with Gasteiger partial charge in [-0.1, -0.05) is 11.6 Å². The monoisotopic (exact) mass is 193 g/mol. The van der Waals surface area contributed by atoms with Gasteiger partial charge in [-0.15, -0.1) is 0 Å². The number of pyridine rings is 1. The molecule has 0 aromatic carbocycles. The molecule has 0 unspecified atom stereocenters. The molecule has 0 fully saturated rings. The fourth-order valence-electron chi connectivity index (χ4n) is 1.11. The van der Waals surface area contributed by atoms with Crippen molar-refractivity contribution in [3.05, 3.63) is 35.1 Å². The van der Waals surface area contributed by atoms with Gasteiger partial charge in [0.1, 0.15) is 11.4 Å². The van der Waals surface area contributed by atoms with Crippen molar-refractivity contribution in [1.82, 2.24) is 15.2 Å². The number of aromatic nitrogens is 3. The van der Waals surface area contributed by atoms with Crippen LogP contribution in [0.2, 0.25) is 5.02 Å². The first-order valence-corrected chi connectivity index (χ1v) is 4.28. The third kappa shape index (κ3) is 1.55. The van der Waals surface area contributed by atoms with Gasteiger partial charge in [0, 0.05) is 11.9 Å². The van der Waals surface area contributed by atoms with E-state index in [0.29, 0.717) is 10.7 Å². The molecule has 0 atom stereocenters. The van der Waals surface area contributed by atoms with E-state index in [1.54, 1.807) is 18.3 Å². The number of aromatic amines is 1. The van der Waals surface area contributed by atoms with Crippen molar-refractivity contribution in [2.75, 3.05) is 0 Å². The van der Waals surface area contributed by atoms with Crippen LogP contribution in [0.25, 0.3) is 11.4 Å². The van der Waals surface area contributed by atoms with Crippen LogP contribution in [0.15, 0.2) is 24.4 Å². The summed E-state index contributed by atoms with van der Waals surface area (Å²) < 4.78 is 0. The Morgan fingerprint density at radius 2 is 2.31 bits per heavy atom. The maximum atomic E-state index is 5.95. The zero-order valence-corrected chi connectivity index (χ0v) is 7.84. The highest BCUT2D eigenvalue weighted by Gasteiger charge is 2.06. The second-order valence-corrected chi connectivity index (χ2v) is 3.18. The molecule has 0 radical (unpaired) electrons. The minimum absolute atomic E-state index is 0.619. The van der Waals surface area contributed by atoms with Crippen LogP contribution < -0.4 is 0 Å². The quantitative estimate of drug-likeness (QED) is 0.756. The molecular weight excluding hydrogens is 186 g/mol. The van der Waals surface area contributed by atoms with Crippen molar-refractivity contribution in [3.63, 3.8) is 0 Å². The highest BCUT2D eigenvalue weighted by atomic mass is 35.5. The van der Waals surface area contributed by atoms with Crippen molar-refractivity contribution in [3.8, 4) is 11.4 Å². The number of H-pyrrole nitrogens is 1. The number of hydrogen-bond acceptors (Lipinski definition) is 2. The van der Waals surface area contributed by atoms with Crippen molar-refractivity contribution in [2.24, 2.45) is 0 Å². The SMILES string of the molecule is Cc1cc(-c2ncccc2Cl)n[nH]1. The standard InChI is InChI=1S/C9H8ClN3/c1-6-5-8(13-12-6)9-7(10)3-2-4-11-9/h2-5H,1H3,(H,12,13). The summed E-state index contributed by atoms with van der Waals surface area (Å²) in [7, 11) is 0. The molecule has 2 heterocycles. The van der Waals surface area contributed by atoms with Gasteiger partial charge in [-0.05, 0) is 25.1 Å².